The summed E-state index contributed by atoms with van der Waals surface area (Å²) < 4.78 is 0. The van der Waals surface area contributed by atoms with Gasteiger partial charge in [0.05, 0.1) is 5.54 Å². The first-order chi connectivity index (χ1) is 7.73. The van der Waals surface area contributed by atoms with Crippen molar-refractivity contribution in [1.29, 1.82) is 0 Å². The van der Waals surface area contributed by atoms with Gasteiger partial charge in [-0.05, 0) is 50.4 Å². The van der Waals surface area contributed by atoms with E-state index in [1.807, 2.05) is 0 Å². The van der Waals surface area contributed by atoms with E-state index in [-0.39, 0.29) is 5.54 Å². The highest BCUT2D eigenvalue weighted by Crippen LogP contribution is 2.31. The molecule has 1 aliphatic heterocycles. The molecule has 0 radical (unpaired) electrons. The molecule has 1 fully saturated rings. The predicted molar refractivity (Wildman–Crippen MR) is 68.3 cm³/mol. The fourth-order valence-corrected chi connectivity index (χ4v) is 2.22. The van der Waals surface area contributed by atoms with Crippen molar-refractivity contribution in [3.8, 4) is 0 Å². The Hall–Kier alpha value is -1.30. The fraction of sp³-hybridized carbons (Fsp3) is 0.400. The van der Waals surface area contributed by atoms with Gasteiger partial charge in [-0.1, -0.05) is 30.3 Å². The normalized spacial score (nSPS) is 23.9. The molecule has 1 atom stereocenters. The van der Waals surface area contributed by atoms with Gasteiger partial charge in [0.2, 0.25) is 0 Å². The summed E-state index contributed by atoms with van der Waals surface area (Å²) in [7, 11) is 0. The first-order valence-electron chi connectivity index (χ1n) is 5.95. The van der Waals surface area contributed by atoms with Gasteiger partial charge in [-0.2, -0.15) is 0 Å². The largest absolute Gasteiger partial charge is 0.304 e. The molecule has 1 nitrogen and oxygen atoms in total. The maximum Gasteiger partial charge on any atom is 0.0695 e. The molecule has 0 aromatic heterocycles. The zero-order chi connectivity index (χ0) is 11.4. The molecule has 2 rings (SSSR count). The van der Waals surface area contributed by atoms with Crippen molar-refractivity contribution in [2.75, 3.05) is 6.54 Å². The number of hydrogen-bond donors (Lipinski definition) is 1. The van der Waals surface area contributed by atoms with E-state index >= 15 is 0 Å². The minimum absolute atomic E-state index is 0.0124. The highest BCUT2D eigenvalue weighted by molar-refractivity contribution is 5.31. The fourth-order valence-electron chi connectivity index (χ4n) is 2.22. The van der Waals surface area contributed by atoms with Crippen LogP contribution in [0.2, 0.25) is 0 Å². The Kier molecular flexibility index (Phi) is 3.28. The zero-order valence-electron chi connectivity index (χ0n) is 10.1. The summed E-state index contributed by atoms with van der Waals surface area (Å²) in [4.78, 5) is 0. The molecule has 1 saturated heterocycles. The summed E-state index contributed by atoms with van der Waals surface area (Å²) in [6, 6.07) is 10.7. The van der Waals surface area contributed by atoms with Crippen LogP contribution in [0.1, 0.15) is 32.3 Å². The van der Waals surface area contributed by atoms with Crippen LogP contribution in [0.4, 0.5) is 0 Å². The molecular formula is C15H19N. The highest BCUT2D eigenvalue weighted by Gasteiger charge is 2.32. The molecule has 1 aliphatic rings. The molecule has 0 bridgehead atoms. The van der Waals surface area contributed by atoms with E-state index in [9.17, 15) is 0 Å². The molecule has 1 aromatic carbocycles. The Balaban J connectivity index is 2.41. The third kappa shape index (κ3) is 2.27. The lowest BCUT2D eigenvalue weighted by Crippen LogP contribution is -2.34. The van der Waals surface area contributed by atoms with Crippen LogP contribution in [-0.2, 0) is 5.54 Å². The van der Waals surface area contributed by atoms with E-state index in [1.165, 1.54) is 17.6 Å². The standard InChI is InChI=1S/C15H19N/c1-13(2)9-11-15(10-6-12-16-15)14-7-4-3-5-8-14/h3-5,7-8,11,16H,6,10,12H2,1-2H3. The molecule has 1 heteroatoms. The van der Waals surface area contributed by atoms with Crippen molar-refractivity contribution in [2.45, 2.75) is 32.2 Å². The number of rotatable bonds is 2. The summed E-state index contributed by atoms with van der Waals surface area (Å²) in [5.74, 6) is 0. The first kappa shape index (κ1) is 11.2. The number of nitrogens with one attached hydrogen (secondary N) is 1. The molecule has 0 aliphatic carbocycles. The van der Waals surface area contributed by atoms with Crippen molar-refractivity contribution in [3.05, 3.63) is 53.3 Å². The second kappa shape index (κ2) is 4.69. The van der Waals surface area contributed by atoms with Gasteiger partial charge in [0.1, 0.15) is 0 Å². The Morgan fingerprint density at radius 1 is 1.31 bits per heavy atom. The van der Waals surface area contributed by atoms with Crippen molar-refractivity contribution >= 4 is 0 Å². The lowest BCUT2D eigenvalue weighted by Gasteiger charge is -2.25. The quantitative estimate of drug-likeness (QED) is 0.743. The SMILES string of the molecule is CC(C)=C=CC1(c2ccccc2)CCCN1. The highest BCUT2D eigenvalue weighted by atomic mass is 15.0. The third-order valence-corrected chi connectivity index (χ3v) is 3.08. The van der Waals surface area contributed by atoms with Crippen LogP contribution >= 0.6 is 0 Å². The van der Waals surface area contributed by atoms with Crippen LogP contribution in [0.25, 0.3) is 0 Å². The van der Waals surface area contributed by atoms with Crippen LogP contribution in [0.3, 0.4) is 0 Å². The topological polar surface area (TPSA) is 12.0 Å². The van der Waals surface area contributed by atoms with Crippen LogP contribution in [-0.4, -0.2) is 6.54 Å². The van der Waals surface area contributed by atoms with Gasteiger partial charge < -0.3 is 5.32 Å². The summed E-state index contributed by atoms with van der Waals surface area (Å²) in [5.41, 5.74) is 5.94. The molecule has 1 N–H and O–H groups in total. The van der Waals surface area contributed by atoms with E-state index in [1.54, 1.807) is 0 Å². The van der Waals surface area contributed by atoms with E-state index in [0.717, 1.165) is 13.0 Å². The van der Waals surface area contributed by atoms with Crippen molar-refractivity contribution in [3.63, 3.8) is 0 Å². The van der Waals surface area contributed by atoms with Gasteiger partial charge in [-0.15, -0.1) is 5.73 Å². The second-order valence-corrected chi connectivity index (χ2v) is 4.66. The van der Waals surface area contributed by atoms with E-state index in [0.29, 0.717) is 0 Å². The van der Waals surface area contributed by atoms with Crippen LogP contribution in [0.15, 0.2) is 47.7 Å². The summed E-state index contributed by atoms with van der Waals surface area (Å²) in [6.07, 6.45) is 4.60. The predicted octanol–water partition coefficient (Wildman–Crippen LogP) is 3.39. The maximum atomic E-state index is 3.61. The molecule has 1 aromatic rings. The van der Waals surface area contributed by atoms with Crippen molar-refractivity contribution < 1.29 is 0 Å². The molecule has 0 spiro atoms. The van der Waals surface area contributed by atoms with Crippen molar-refractivity contribution in [1.82, 2.24) is 5.32 Å². The first-order valence-corrected chi connectivity index (χ1v) is 5.95. The monoisotopic (exact) mass is 213 g/mol. The van der Waals surface area contributed by atoms with Crippen LogP contribution < -0.4 is 5.32 Å². The Morgan fingerprint density at radius 3 is 2.62 bits per heavy atom. The molecule has 1 heterocycles. The van der Waals surface area contributed by atoms with Gasteiger partial charge in [0, 0.05) is 0 Å². The average Bonchev–Trinajstić information content (AvgIpc) is 2.78. The molecule has 0 saturated carbocycles. The molecular weight excluding hydrogens is 194 g/mol. The minimum Gasteiger partial charge on any atom is -0.304 e. The van der Waals surface area contributed by atoms with Gasteiger partial charge in [0.15, 0.2) is 0 Å². The molecule has 1 unspecified atom stereocenters. The van der Waals surface area contributed by atoms with Gasteiger partial charge in [0.25, 0.3) is 0 Å². The lowest BCUT2D eigenvalue weighted by molar-refractivity contribution is 0.496. The Morgan fingerprint density at radius 2 is 2.06 bits per heavy atom. The van der Waals surface area contributed by atoms with E-state index < -0.39 is 0 Å². The van der Waals surface area contributed by atoms with Gasteiger partial charge >= 0.3 is 0 Å². The van der Waals surface area contributed by atoms with E-state index in [2.05, 4.69) is 61.3 Å². The summed E-state index contributed by atoms with van der Waals surface area (Å²) in [5, 5.41) is 3.61. The average molecular weight is 213 g/mol. The summed E-state index contributed by atoms with van der Waals surface area (Å²) in [6.45, 7) is 5.27. The van der Waals surface area contributed by atoms with Gasteiger partial charge in [-0.25, -0.2) is 0 Å². The van der Waals surface area contributed by atoms with Crippen LogP contribution in [0, 0.1) is 0 Å². The minimum atomic E-state index is 0.0124. The lowest BCUT2D eigenvalue weighted by atomic mass is 9.88. The maximum absolute atomic E-state index is 3.61. The Bertz CT molecular complexity index is 400. The molecule has 16 heavy (non-hydrogen) atoms. The van der Waals surface area contributed by atoms with Crippen molar-refractivity contribution in [2.24, 2.45) is 0 Å². The summed E-state index contributed by atoms with van der Waals surface area (Å²) >= 11 is 0. The van der Waals surface area contributed by atoms with Gasteiger partial charge in [-0.3, -0.25) is 0 Å². The number of benzene rings is 1. The Labute approximate surface area is 97.9 Å². The zero-order valence-corrected chi connectivity index (χ0v) is 10.1. The van der Waals surface area contributed by atoms with Crippen LogP contribution in [0.5, 0.6) is 0 Å². The molecule has 84 valence electrons. The second-order valence-electron chi connectivity index (χ2n) is 4.66. The molecule has 0 amide bonds. The third-order valence-electron chi connectivity index (χ3n) is 3.08. The number of hydrogen-bond acceptors (Lipinski definition) is 1. The van der Waals surface area contributed by atoms with E-state index in [4.69, 9.17) is 0 Å². The smallest absolute Gasteiger partial charge is 0.0695 e.